The van der Waals surface area contributed by atoms with Gasteiger partial charge in [-0.1, -0.05) is 36.4 Å². The largest absolute Gasteiger partial charge is 0.396 e. The van der Waals surface area contributed by atoms with Crippen LogP contribution in [0.15, 0.2) is 47.8 Å². The maximum Gasteiger partial charge on any atom is 0.225 e. The van der Waals surface area contributed by atoms with Crippen LogP contribution in [0.3, 0.4) is 0 Å². The summed E-state index contributed by atoms with van der Waals surface area (Å²) in [5.41, 5.74) is 1.15. The SMILES string of the molecule is O=C(Cc1cccs1)NCC(CCO)c1ccccc1. The van der Waals surface area contributed by atoms with E-state index in [0.717, 1.165) is 10.4 Å². The van der Waals surface area contributed by atoms with Gasteiger partial charge in [0.25, 0.3) is 0 Å². The molecule has 0 aliphatic heterocycles. The Morgan fingerprint density at radius 1 is 1.20 bits per heavy atom. The number of amides is 1. The molecule has 1 atom stereocenters. The summed E-state index contributed by atoms with van der Waals surface area (Å²) in [5, 5.41) is 14.1. The van der Waals surface area contributed by atoms with Gasteiger partial charge in [0.1, 0.15) is 0 Å². The summed E-state index contributed by atoms with van der Waals surface area (Å²) in [6, 6.07) is 13.9. The van der Waals surface area contributed by atoms with E-state index >= 15 is 0 Å². The van der Waals surface area contributed by atoms with E-state index in [1.165, 1.54) is 0 Å². The highest BCUT2D eigenvalue weighted by Gasteiger charge is 2.12. The molecule has 0 fully saturated rings. The number of benzene rings is 1. The zero-order valence-electron chi connectivity index (χ0n) is 11.3. The molecule has 2 N–H and O–H groups in total. The maximum atomic E-state index is 11.9. The Hall–Kier alpha value is -1.65. The van der Waals surface area contributed by atoms with E-state index in [0.29, 0.717) is 19.4 Å². The van der Waals surface area contributed by atoms with Crippen LogP contribution in [0.4, 0.5) is 0 Å². The average molecular weight is 289 g/mol. The van der Waals surface area contributed by atoms with Crippen molar-refractivity contribution >= 4 is 17.2 Å². The minimum Gasteiger partial charge on any atom is -0.396 e. The quantitative estimate of drug-likeness (QED) is 0.823. The van der Waals surface area contributed by atoms with Crippen molar-refractivity contribution < 1.29 is 9.90 Å². The van der Waals surface area contributed by atoms with Gasteiger partial charge in [0.2, 0.25) is 5.91 Å². The van der Waals surface area contributed by atoms with Crippen molar-refractivity contribution in [1.29, 1.82) is 0 Å². The second-order valence-electron chi connectivity index (χ2n) is 4.68. The van der Waals surface area contributed by atoms with Crippen LogP contribution < -0.4 is 5.32 Å². The summed E-state index contributed by atoms with van der Waals surface area (Å²) in [6.07, 6.45) is 1.08. The van der Waals surface area contributed by atoms with Gasteiger partial charge in [-0.2, -0.15) is 0 Å². The van der Waals surface area contributed by atoms with Crippen molar-refractivity contribution in [3.63, 3.8) is 0 Å². The van der Waals surface area contributed by atoms with Crippen LogP contribution in [-0.4, -0.2) is 24.2 Å². The lowest BCUT2D eigenvalue weighted by molar-refractivity contribution is -0.120. The summed E-state index contributed by atoms with van der Waals surface area (Å²) in [4.78, 5) is 13.0. The molecule has 0 spiro atoms. The predicted octanol–water partition coefficient (Wildman–Crippen LogP) is 2.57. The Morgan fingerprint density at radius 2 is 2.00 bits per heavy atom. The third-order valence-corrected chi connectivity index (χ3v) is 4.09. The van der Waals surface area contributed by atoms with Crippen LogP contribution >= 0.6 is 11.3 Å². The number of nitrogens with one attached hydrogen (secondary N) is 1. The molecule has 1 amide bonds. The van der Waals surface area contributed by atoms with Gasteiger partial charge >= 0.3 is 0 Å². The first-order valence-electron chi connectivity index (χ1n) is 6.74. The number of rotatable bonds is 7. The lowest BCUT2D eigenvalue weighted by Crippen LogP contribution is -2.29. The highest BCUT2D eigenvalue weighted by molar-refractivity contribution is 7.10. The molecule has 0 saturated heterocycles. The zero-order valence-corrected chi connectivity index (χ0v) is 12.1. The summed E-state index contributed by atoms with van der Waals surface area (Å²) >= 11 is 1.59. The molecular weight excluding hydrogens is 270 g/mol. The smallest absolute Gasteiger partial charge is 0.225 e. The van der Waals surface area contributed by atoms with Crippen LogP contribution in [0, 0.1) is 0 Å². The van der Waals surface area contributed by atoms with Crippen molar-refractivity contribution in [3.05, 3.63) is 58.3 Å². The Balaban J connectivity index is 1.87. The Bertz CT molecular complexity index is 511. The number of hydrogen-bond donors (Lipinski definition) is 2. The molecule has 0 radical (unpaired) electrons. The molecule has 0 aliphatic carbocycles. The number of carbonyl (C=O) groups is 1. The Kier molecular flexibility index (Phi) is 5.77. The maximum absolute atomic E-state index is 11.9. The molecule has 3 nitrogen and oxygen atoms in total. The van der Waals surface area contributed by atoms with Gasteiger partial charge in [-0.15, -0.1) is 11.3 Å². The highest BCUT2D eigenvalue weighted by atomic mass is 32.1. The molecule has 1 aromatic heterocycles. The monoisotopic (exact) mass is 289 g/mol. The van der Waals surface area contributed by atoms with Gasteiger partial charge < -0.3 is 10.4 Å². The first kappa shape index (κ1) is 14.8. The van der Waals surface area contributed by atoms with E-state index in [-0.39, 0.29) is 18.4 Å². The lowest BCUT2D eigenvalue weighted by atomic mass is 9.96. The number of hydrogen-bond acceptors (Lipinski definition) is 3. The van der Waals surface area contributed by atoms with Gasteiger partial charge in [-0.3, -0.25) is 4.79 Å². The van der Waals surface area contributed by atoms with Crippen molar-refractivity contribution in [2.45, 2.75) is 18.8 Å². The third-order valence-electron chi connectivity index (χ3n) is 3.21. The first-order chi connectivity index (χ1) is 9.79. The van der Waals surface area contributed by atoms with Gasteiger partial charge in [-0.25, -0.2) is 0 Å². The average Bonchev–Trinajstić information content (AvgIpc) is 2.97. The van der Waals surface area contributed by atoms with E-state index in [2.05, 4.69) is 5.32 Å². The molecule has 0 saturated carbocycles. The molecule has 0 aliphatic rings. The molecule has 1 aromatic carbocycles. The molecule has 20 heavy (non-hydrogen) atoms. The van der Waals surface area contributed by atoms with Crippen LogP contribution in [0.1, 0.15) is 22.8 Å². The van der Waals surface area contributed by atoms with Crippen LogP contribution in [0.2, 0.25) is 0 Å². The summed E-state index contributed by atoms with van der Waals surface area (Å²) < 4.78 is 0. The molecule has 2 aromatic rings. The van der Waals surface area contributed by atoms with Crippen molar-refractivity contribution in [2.75, 3.05) is 13.2 Å². The molecular formula is C16H19NO2S. The van der Waals surface area contributed by atoms with Crippen LogP contribution in [0.5, 0.6) is 0 Å². The van der Waals surface area contributed by atoms with Crippen LogP contribution in [-0.2, 0) is 11.2 Å². The first-order valence-corrected chi connectivity index (χ1v) is 7.62. The molecule has 4 heteroatoms. The van der Waals surface area contributed by atoms with E-state index in [1.54, 1.807) is 11.3 Å². The number of aliphatic hydroxyl groups is 1. The lowest BCUT2D eigenvalue weighted by Gasteiger charge is -2.17. The summed E-state index contributed by atoms with van der Waals surface area (Å²) in [6.45, 7) is 0.690. The molecule has 0 bridgehead atoms. The fraction of sp³-hybridized carbons (Fsp3) is 0.312. The Labute approximate surface area is 123 Å². The van der Waals surface area contributed by atoms with Crippen LogP contribution in [0.25, 0.3) is 0 Å². The number of aliphatic hydroxyl groups excluding tert-OH is 1. The highest BCUT2D eigenvalue weighted by Crippen LogP contribution is 2.18. The van der Waals surface area contributed by atoms with E-state index in [1.807, 2.05) is 47.8 Å². The minimum atomic E-state index is 0.0336. The standard InChI is InChI=1S/C16H19NO2S/c18-9-8-14(13-5-2-1-3-6-13)12-17-16(19)11-15-7-4-10-20-15/h1-7,10,14,18H,8-9,11-12H2,(H,17,19). The van der Waals surface area contributed by atoms with E-state index in [9.17, 15) is 4.79 Å². The molecule has 2 rings (SSSR count). The summed E-state index contributed by atoms with van der Waals surface area (Å²) in [5.74, 6) is 0.194. The van der Waals surface area contributed by atoms with Crippen molar-refractivity contribution in [3.8, 4) is 0 Å². The summed E-state index contributed by atoms with van der Waals surface area (Å²) in [7, 11) is 0. The zero-order chi connectivity index (χ0) is 14.2. The minimum absolute atomic E-state index is 0.0336. The second-order valence-corrected chi connectivity index (χ2v) is 5.71. The van der Waals surface area contributed by atoms with Gasteiger partial charge in [0, 0.05) is 23.9 Å². The van der Waals surface area contributed by atoms with Gasteiger partial charge in [0.05, 0.1) is 6.42 Å². The van der Waals surface area contributed by atoms with Gasteiger partial charge in [0.15, 0.2) is 0 Å². The predicted molar refractivity (Wildman–Crippen MR) is 81.9 cm³/mol. The molecule has 1 unspecified atom stereocenters. The topological polar surface area (TPSA) is 49.3 Å². The Morgan fingerprint density at radius 3 is 2.65 bits per heavy atom. The van der Waals surface area contributed by atoms with E-state index < -0.39 is 0 Å². The molecule has 1 heterocycles. The van der Waals surface area contributed by atoms with Crippen molar-refractivity contribution in [1.82, 2.24) is 5.32 Å². The number of carbonyl (C=O) groups excluding carboxylic acids is 1. The van der Waals surface area contributed by atoms with E-state index in [4.69, 9.17) is 5.11 Å². The fourth-order valence-electron chi connectivity index (χ4n) is 2.14. The third kappa shape index (κ3) is 4.47. The molecule has 106 valence electrons. The normalized spacial score (nSPS) is 12.1. The van der Waals surface area contributed by atoms with Crippen molar-refractivity contribution in [2.24, 2.45) is 0 Å². The van der Waals surface area contributed by atoms with Gasteiger partial charge in [-0.05, 0) is 23.4 Å². The number of thiophene rings is 1. The second kappa shape index (κ2) is 7.82. The fourth-order valence-corrected chi connectivity index (χ4v) is 2.84.